The molecule has 152 valence electrons. The molecule has 1 atom stereocenters. The Labute approximate surface area is 173 Å². The number of hydrogen-bond donors (Lipinski definition) is 0. The van der Waals surface area contributed by atoms with Crippen LogP contribution in [0.25, 0.3) is 0 Å². The van der Waals surface area contributed by atoms with Crippen molar-refractivity contribution in [2.24, 2.45) is 17.8 Å². The van der Waals surface area contributed by atoms with E-state index in [0.717, 1.165) is 29.7 Å². The van der Waals surface area contributed by atoms with Crippen molar-refractivity contribution in [1.29, 1.82) is 5.26 Å². The van der Waals surface area contributed by atoms with Crippen molar-refractivity contribution in [1.82, 2.24) is 0 Å². The van der Waals surface area contributed by atoms with Crippen LogP contribution in [0.1, 0.15) is 102 Å². The Bertz CT molecular complexity index is 640. The second kappa shape index (κ2) is 11.5. The van der Waals surface area contributed by atoms with Gasteiger partial charge in [0, 0.05) is 0 Å². The predicted octanol–water partition coefficient (Wildman–Crippen LogP) is 7.99. The highest BCUT2D eigenvalue weighted by atomic mass is 14.3. The van der Waals surface area contributed by atoms with E-state index >= 15 is 0 Å². The van der Waals surface area contributed by atoms with Crippen molar-refractivity contribution in [3.05, 3.63) is 47.0 Å². The molecule has 0 heterocycles. The lowest BCUT2D eigenvalue weighted by Gasteiger charge is -2.35. The van der Waals surface area contributed by atoms with Gasteiger partial charge in [-0.05, 0) is 80.4 Å². The van der Waals surface area contributed by atoms with Crippen LogP contribution in [-0.2, 0) is 6.42 Å². The lowest BCUT2D eigenvalue weighted by molar-refractivity contribution is 0.185. The molecular formula is C27H39N. The average molecular weight is 378 g/mol. The van der Waals surface area contributed by atoms with Crippen LogP contribution >= 0.6 is 0 Å². The quantitative estimate of drug-likeness (QED) is 0.316. The summed E-state index contributed by atoms with van der Waals surface area (Å²) in [6.45, 7) is 2.31. The number of benzene rings is 1. The number of rotatable bonds is 9. The second-order valence-electron chi connectivity index (χ2n) is 9.34. The first-order valence-corrected chi connectivity index (χ1v) is 12.0. The molecule has 3 rings (SSSR count). The SMILES string of the molecule is CCCCCC[C@H]1CC[C@H](C2CC=C(CCc3ccc(C#N)cc3)CC2)CC1. The average Bonchev–Trinajstić information content (AvgIpc) is 2.76. The monoisotopic (exact) mass is 377 g/mol. The molecule has 0 N–H and O–H groups in total. The lowest BCUT2D eigenvalue weighted by Crippen LogP contribution is -2.23. The summed E-state index contributed by atoms with van der Waals surface area (Å²) in [5, 5.41) is 8.91. The van der Waals surface area contributed by atoms with Gasteiger partial charge in [0.15, 0.2) is 0 Å². The maximum Gasteiger partial charge on any atom is 0.0991 e. The summed E-state index contributed by atoms with van der Waals surface area (Å²) in [6.07, 6.45) is 22.2. The Morgan fingerprint density at radius 3 is 2.32 bits per heavy atom. The molecule has 0 aliphatic heterocycles. The molecule has 0 spiro atoms. The van der Waals surface area contributed by atoms with Gasteiger partial charge in [-0.15, -0.1) is 0 Å². The molecule has 1 nitrogen and oxygen atoms in total. The number of nitrogens with zero attached hydrogens (tertiary/aromatic N) is 1. The Morgan fingerprint density at radius 1 is 0.893 bits per heavy atom. The zero-order valence-electron chi connectivity index (χ0n) is 18.0. The van der Waals surface area contributed by atoms with E-state index in [2.05, 4.69) is 31.2 Å². The molecule has 0 saturated heterocycles. The number of aryl methyl sites for hydroxylation is 1. The number of unbranched alkanes of at least 4 members (excludes halogenated alkanes) is 3. The van der Waals surface area contributed by atoms with E-state index in [1.54, 1.807) is 5.57 Å². The molecule has 0 radical (unpaired) electrons. The Balaban J connectivity index is 1.35. The number of hydrogen-bond acceptors (Lipinski definition) is 1. The van der Waals surface area contributed by atoms with Crippen LogP contribution in [-0.4, -0.2) is 0 Å². The number of allylic oxidation sites excluding steroid dienone is 2. The van der Waals surface area contributed by atoms with E-state index in [4.69, 9.17) is 5.26 Å². The summed E-state index contributed by atoms with van der Waals surface area (Å²) < 4.78 is 0. The maximum atomic E-state index is 8.91. The summed E-state index contributed by atoms with van der Waals surface area (Å²) in [5.74, 6) is 3.00. The predicted molar refractivity (Wildman–Crippen MR) is 119 cm³/mol. The standard InChI is InChI=1S/C27H39N/c1-2-3-4-5-6-22-13-17-26(18-14-22)27-19-15-24(16-20-27)8-7-23-9-11-25(21-28)12-10-23/h9-12,15,22,26-27H,2-8,13-14,16-20H2,1H3/t22-,26-,27?. The van der Waals surface area contributed by atoms with E-state index in [9.17, 15) is 0 Å². The zero-order valence-corrected chi connectivity index (χ0v) is 18.0. The van der Waals surface area contributed by atoms with E-state index in [0.29, 0.717) is 0 Å². The summed E-state index contributed by atoms with van der Waals surface area (Å²) in [6, 6.07) is 10.3. The Hall–Kier alpha value is -1.55. The van der Waals surface area contributed by atoms with Crippen LogP contribution in [0.4, 0.5) is 0 Å². The van der Waals surface area contributed by atoms with Gasteiger partial charge in [-0.3, -0.25) is 0 Å². The summed E-state index contributed by atoms with van der Waals surface area (Å²) in [7, 11) is 0. The van der Waals surface area contributed by atoms with E-state index < -0.39 is 0 Å². The van der Waals surface area contributed by atoms with Crippen molar-refractivity contribution < 1.29 is 0 Å². The first-order chi connectivity index (χ1) is 13.8. The van der Waals surface area contributed by atoms with Crippen LogP contribution in [0.5, 0.6) is 0 Å². The van der Waals surface area contributed by atoms with Crippen molar-refractivity contribution in [2.45, 2.75) is 96.8 Å². The topological polar surface area (TPSA) is 23.8 Å². The van der Waals surface area contributed by atoms with Gasteiger partial charge < -0.3 is 0 Å². The highest BCUT2D eigenvalue weighted by Crippen LogP contribution is 2.41. The fourth-order valence-corrected chi connectivity index (χ4v) is 5.42. The Kier molecular flexibility index (Phi) is 8.66. The van der Waals surface area contributed by atoms with Crippen LogP contribution in [0.2, 0.25) is 0 Å². The minimum Gasteiger partial charge on any atom is -0.192 e. The normalized spacial score (nSPS) is 25.1. The molecule has 0 bridgehead atoms. The smallest absolute Gasteiger partial charge is 0.0991 e. The first-order valence-electron chi connectivity index (χ1n) is 12.0. The first kappa shape index (κ1) is 21.2. The van der Waals surface area contributed by atoms with Gasteiger partial charge in [-0.25, -0.2) is 0 Å². The van der Waals surface area contributed by atoms with Gasteiger partial charge in [0.05, 0.1) is 11.6 Å². The van der Waals surface area contributed by atoms with E-state index in [1.807, 2.05) is 12.1 Å². The van der Waals surface area contributed by atoms with Gasteiger partial charge in [-0.1, -0.05) is 75.7 Å². The third-order valence-corrected chi connectivity index (χ3v) is 7.39. The molecule has 0 amide bonds. The minimum atomic E-state index is 0.763. The molecule has 1 fully saturated rings. The molecular weight excluding hydrogens is 338 g/mol. The van der Waals surface area contributed by atoms with Crippen molar-refractivity contribution in [3.63, 3.8) is 0 Å². The molecule has 0 aromatic heterocycles. The summed E-state index contributed by atoms with van der Waals surface area (Å²) in [4.78, 5) is 0. The summed E-state index contributed by atoms with van der Waals surface area (Å²) in [5.41, 5.74) is 3.80. The molecule has 1 saturated carbocycles. The van der Waals surface area contributed by atoms with Crippen molar-refractivity contribution in [3.8, 4) is 6.07 Å². The highest BCUT2D eigenvalue weighted by molar-refractivity contribution is 5.32. The van der Waals surface area contributed by atoms with Crippen LogP contribution in [0.15, 0.2) is 35.9 Å². The highest BCUT2D eigenvalue weighted by Gasteiger charge is 2.28. The maximum absolute atomic E-state index is 8.91. The fourth-order valence-electron chi connectivity index (χ4n) is 5.42. The second-order valence-corrected chi connectivity index (χ2v) is 9.34. The molecule has 1 unspecified atom stereocenters. The van der Waals surface area contributed by atoms with Crippen LogP contribution < -0.4 is 0 Å². The van der Waals surface area contributed by atoms with Crippen LogP contribution in [0.3, 0.4) is 0 Å². The minimum absolute atomic E-state index is 0.763. The van der Waals surface area contributed by atoms with E-state index in [1.165, 1.54) is 89.0 Å². The number of nitriles is 1. The lowest BCUT2D eigenvalue weighted by atomic mass is 9.70. The van der Waals surface area contributed by atoms with Gasteiger partial charge in [0.2, 0.25) is 0 Å². The van der Waals surface area contributed by atoms with E-state index in [-0.39, 0.29) is 0 Å². The molecule has 1 aromatic rings. The van der Waals surface area contributed by atoms with Crippen molar-refractivity contribution in [2.75, 3.05) is 0 Å². The molecule has 1 aromatic carbocycles. The fraction of sp³-hybridized carbons (Fsp3) is 0.667. The molecule has 2 aliphatic rings. The van der Waals surface area contributed by atoms with Gasteiger partial charge in [0.1, 0.15) is 0 Å². The largest absolute Gasteiger partial charge is 0.192 e. The third kappa shape index (κ3) is 6.51. The third-order valence-electron chi connectivity index (χ3n) is 7.39. The van der Waals surface area contributed by atoms with Gasteiger partial charge >= 0.3 is 0 Å². The van der Waals surface area contributed by atoms with Crippen LogP contribution in [0, 0.1) is 29.1 Å². The molecule has 2 aliphatic carbocycles. The zero-order chi connectivity index (χ0) is 19.6. The van der Waals surface area contributed by atoms with Crippen molar-refractivity contribution >= 4 is 0 Å². The molecule has 28 heavy (non-hydrogen) atoms. The van der Waals surface area contributed by atoms with Gasteiger partial charge in [0.25, 0.3) is 0 Å². The summed E-state index contributed by atoms with van der Waals surface area (Å²) >= 11 is 0. The van der Waals surface area contributed by atoms with Gasteiger partial charge in [-0.2, -0.15) is 5.26 Å². The molecule has 1 heteroatoms. The Morgan fingerprint density at radius 2 is 1.68 bits per heavy atom.